The van der Waals surface area contributed by atoms with Crippen LogP contribution < -0.4 is 10.2 Å². The third-order valence-corrected chi connectivity index (χ3v) is 4.68. The Hall–Kier alpha value is -1.44. The average Bonchev–Trinajstić information content (AvgIpc) is 3.47. The highest BCUT2D eigenvalue weighted by atomic mass is 16.5. The number of nitrogens with one attached hydrogen (secondary N) is 1. The molecule has 0 radical (unpaired) electrons. The van der Waals surface area contributed by atoms with Crippen molar-refractivity contribution in [2.75, 3.05) is 62.8 Å². The van der Waals surface area contributed by atoms with Gasteiger partial charge in [-0.05, 0) is 18.9 Å². The van der Waals surface area contributed by atoms with Crippen LogP contribution in [0.2, 0.25) is 0 Å². The van der Waals surface area contributed by atoms with Crippen LogP contribution in [0.5, 0.6) is 0 Å². The van der Waals surface area contributed by atoms with Crippen molar-refractivity contribution in [3.05, 3.63) is 12.3 Å². The number of hydrogen-bond donors (Lipinski definition) is 1. The van der Waals surface area contributed by atoms with E-state index >= 15 is 0 Å². The van der Waals surface area contributed by atoms with E-state index in [1.54, 1.807) is 0 Å². The van der Waals surface area contributed by atoms with Gasteiger partial charge in [-0.2, -0.15) is 4.98 Å². The van der Waals surface area contributed by atoms with Crippen molar-refractivity contribution in [3.8, 4) is 0 Å². The van der Waals surface area contributed by atoms with Gasteiger partial charge in [0.25, 0.3) is 0 Å². The predicted molar refractivity (Wildman–Crippen MR) is 87.9 cm³/mol. The fraction of sp³-hybridized carbons (Fsp3) is 0.750. The van der Waals surface area contributed by atoms with Gasteiger partial charge in [0, 0.05) is 45.0 Å². The van der Waals surface area contributed by atoms with E-state index in [-0.39, 0.29) is 6.10 Å². The van der Waals surface area contributed by atoms with Gasteiger partial charge < -0.3 is 19.7 Å². The molecular formula is C16H25N5O2. The summed E-state index contributed by atoms with van der Waals surface area (Å²) < 4.78 is 11.3. The lowest BCUT2D eigenvalue weighted by Crippen LogP contribution is -2.46. The Morgan fingerprint density at radius 3 is 2.87 bits per heavy atom. The van der Waals surface area contributed by atoms with Crippen molar-refractivity contribution >= 4 is 11.8 Å². The maximum atomic E-state index is 5.88. The fourth-order valence-corrected chi connectivity index (χ4v) is 3.22. The smallest absolute Gasteiger partial charge is 0.227 e. The van der Waals surface area contributed by atoms with Gasteiger partial charge in [0.2, 0.25) is 5.95 Å². The minimum atomic E-state index is 0.242. The van der Waals surface area contributed by atoms with E-state index in [0.29, 0.717) is 0 Å². The molecule has 1 saturated carbocycles. The molecule has 7 nitrogen and oxygen atoms in total. The van der Waals surface area contributed by atoms with Gasteiger partial charge in [-0.3, -0.25) is 4.90 Å². The van der Waals surface area contributed by atoms with E-state index in [4.69, 9.17) is 9.47 Å². The third-order valence-electron chi connectivity index (χ3n) is 4.68. The first-order valence-corrected chi connectivity index (χ1v) is 8.64. The second-order valence-electron chi connectivity index (χ2n) is 6.44. The Bertz CT molecular complexity index is 519. The van der Waals surface area contributed by atoms with Crippen LogP contribution in [0.3, 0.4) is 0 Å². The van der Waals surface area contributed by atoms with Crippen molar-refractivity contribution in [2.45, 2.75) is 25.0 Å². The molecule has 0 aromatic carbocycles. The summed E-state index contributed by atoms with van der Waals surface area (Å²) in [5, 5.41) is 3.41. The normalized spacial score (nSPS) is 26.3. The molecule has 1 aromatic rings. The van der Waals surface area contributed by atoms with Crippen LogP contribution in [0.15, 0.2) is 12.3 Å². The van der Waals surface area contributed by atoms with Crippen LogP contribution in [0.1, 0.15) is 12.8 Å². The van der Waals surface area contributed by atoms with E-state index in [0.717, 1.165) is 70.4 Å². The first kappa shape index (κ1) is 15.1. The van der Waals surface area contributed by atoms with Gasteiger partial charge in [0.15, 0.2) is 0 Å². The number of ether oxygens (including phenoxy) is 2. The maximum absolute atomic E-state index is 5.88. The van der Waals surface area contributed by atoms with Crippen molar-refractivity contribution < 1.29 is 9.47 Å². The van der Waals surface area contributed by atoms with Gasteiger partial charge >= 0.3 is 0 Å². The monoisotopic (exact) mass is 319 g/mol. The molecule has 2 aliphatic heterocycles. The minimum absolute atomic E-state index is 0.242. The molecule has 0 bridgehead atoms. The van der Waals surface area contributed by atoms with Crippen LogP contribution in [-0.4, -0.2) is 79.6 Å². The van der Waals surface area contributed by atoms with Crippen molar-refractivity contribution in [3.63, 3.8) is 0 Å². The van der Waals surface area contributed by atoms with E-state index in [1.807, 2.05) is 12.3 Å². The number of aromatic nitrogens is 2. The molecule has 126 valence electrons. The first-order valence-electron chi connectivity index (χ1n) is 8.64. The maximum Gasteiger partial charge on any atom is 0.227 e. The average molecular weight is 319 g/mol. The molecule has 1 N–H and O–H groups in total. The highest BCUT2D eigenvalue weighted by molar-refractivity contribution is 5.41. The number of anilines is 2. The summed E-state index contributed by atoms with van der Waals surface area (Å²) in [4.78, 5) is 13.7. The molecule has 0 spiro atoms. The van der Waals surface area contributed by atoms with Crippen LogP contribution >= 0.6 is 0 Å². The fourth-order valence-electron chi connectivity index (χ4n) is 3.22. The molecule has 1 atom stereocenters. The lowest BCUT2D eigenvalue weighted by atomic mass is 10.2. The summed E-state index contributed by atoms with van der Waals surface area (Å²) in [6.07, 6.45) is 4.77. The second kappa shape index (κ2) is 6.98. The van der Waals surface area contributed by atoms with Crippen LogP contribution in [0, 0.1) is 0 Å². The first-order chi connectivity index (χ1) is 11.4. The summed E-state index contributed by atoms with van der Waals surface area (Å²) in [5.41, 5.74) is 0. The zero-order valence-electron chi connectivity index (χ0n) is 13.5. The Labute approximate surface area is 137 Å². The SMILES string of the molecule is c1cc(NCC2CN(C3CC3)CCO2)nc(N2CCOCC2)n1. The number of hydrogen-bond acceptors (Lipinski definition) is 7. The largest absolute Gasteiger partial charge is 0.378 e. The van der Waals surface area contributed by atoms with Crippen molar-refractivity contribution in [1.29, 1.82) is 0 Å². The molecule has 1 unspecified atom stereocenters. The molecule has 4 rings (SSSR count). The van der Waals surface area contributed by atoms with Crippen LogP contribution in [-0.2, 0) is 9.47 Å². The van der Waals surface area contributed by atoms with E-state index in [1.165, 1.54) is 12.8 Å². The van der Waals surface area contributed by atoms with Gasteiger partial charge in [0.05, 0.1) is 25.9 Å². The zero-order chi connectivity index (χ0) is 15.5. The summed E-state index contributed by atoms with van der Waals surface area (Å²) in [5.74, 6) is 1.65. The summed E-state index contributed by atoms with van der Waals surface area (Å²) >= 11 is 0. The molecule has 1 aromatic heterocycles. The van der Waals surface area contributed by atoms with Crippen molar-refractivity contribution in [1.82, 2.24) is 14.9 Å². The Kier molecular flexibility index (Phi) is 4.59. The Balaban J connectivity index is 1.31. The molecule has 3 heterocycles. The van der Waals surface area contributed by atoms with Crippen LogP contribution in [0.25, 0.3) is 0 Å². The van der Waals surface area contributed by atoms with E-state index in [9.17, 15) is 0 Å². The second-order valence-corrected chi connectivity index (χ2v) is 6.44. The van der Waals surface area contributed by atoms with Gasteiger partial charge in [0.1, 0.15) is 5.82 Å². The van der Waals surface area contributed by atoms with Crippen molar-refractivity contribution in [2.24, 2.45) is 0 Å². The molecule has 1 aliphatic carbocycles. The zero-order valence-corrected chi connectivity index (χ0v) is 13.5. The molecule has 7 heteroatoms. The lowest BCUT2D eigenvalue weighted by molar-refractivity contribution is -0.0241. The predicted octanol–water partition coefficient (Wildman–Crippen LogP) is 0.588. The Morgan fingerprint density at radius 2 is 2.04 bits per heavy atom. The number of morpholine rings is 2. The quantitative estimate of drug-likeness (QED) is 0.852. The number of nitrogens with zero attached hydrogens (tertiary/aromatic N) is 4. The standard InChI is InChI=1S/C16H25N5O2/c1-2-13(1)21-7-10-23-14(12-21)11-18-15-3-4-17-16(19-15)20-5-8-22-9-6-20/h3-4,13-14H,1-2,5-12H2,(H,17,18,19). The minimum Gasteiger partial charge on any atom is -0.378 e. The lowest BCUT2D eigenvalue weighted by Gasteiger charge is -2.33. The molecule has 3 fully saturated rings. The molecule has 3 aliphatic rings. The molecule has 0 amide bonds. The summed E-state index contributed by atoms with van der Waals surface area (Å²) in [7, 11) is 0. The van der Waals surface area contributed by atoms with E-state index < -0.39 is 0 Å². The van der Waals surface area contributed by atoms with Gasteiger partial charge in [-0.15, -0.1) is 0 Å². The number of rotatable bonds is 5. The molecule has 2 saturated heterocycles. The highest BCUT2D eigenvalue weighted by Gasteiger charge is 2.32. The van der Waals surface area contributed by atoms with Gasteiger partial charge in [-0.1, -0.05) is 0 Å². The van der Waals surface area contributed by atoms with Gasteiger partial charge in [-0.25, -0.2) is 4.98 Å². The van der Waals surface area contributed by atoms with E-state index in [2.05, 4.69) is 25.1 Å². The Morgan fingerprint density at radius 1 is 1.17 bits per heavy atom. The summed E-state index contributed by atoms with van der Waals surface area (Å²) in [6.45, 7) is 6.93. The highest BCUT2D eigenvalue weighted by Crippen LogP contribution is 2.28. The van der Waals surface area contributed by atoms with Crippen LogP contribution in [0.4, 0.5) is 11.8 Å². The topological polar surface area (TPSA) is 62.8 Å². The third kappa shape index (κ3) is 3.91. The molecular weight excluding hydrogens is 294 g/mol. The summed E-state index contributed by atoms with van der Waals surface area (Å²) in [6, 6.07) is 2.74. The molecule has 23 heavy (non-hydrogen) atoms.